The molecule has 1 aromatic rings. The van der Waals surface area contributed by atoms with E-state index in [9.17, 15) is 0 Å². The van der Waals surface area contributed by atoms with E-state index in [1.165, 1.54) is 5.56 Å². The smallest absolute Gasteiger partial charge is 0.0629 e. The maximum atomic E-state index is 5.43. The van der Waals surface area contributed by atoms with Crippen molar-refractivity contribution in [1.82, 2.24) is 0 Å². The van der Waals surface area contributed by atoms with Crippen LogP contribution in [0.3, 0.4) is 0 Å². The molecule has 78 valence electrons. The fraction of sp³-hybridized carbons (Fsp3) is 0.400. The predicted octanol–water partition coefficient (Wildman–Crippen LogP) is 3.28. The summed E-state index contributed by atoms with van der Waals surface area (Å²) in [5, 5.41) is 3.34. The van der Waals surface area contributed by atoms with E-state index >= 15 is 0 Å². The minimum Gasteiger partial charge on any atom is -0.383 e. The van der Waals surface area contributed by atoms with E-state index in [0.29, 0.717) is 6.54 Å². The van der Waals surface area contributed by atoms with Gasteiger partial charge in [0.1, 0.15) is 0 Å². The summed E-state index contributed by atoms with van der Waals surface area (Å²) in [6.45, 7) is 3.68. The van der Waals surface area contributed by atoms with Crippen LogP contribution >= 0.6 is 31.9 Å². The predicted molar refractivity (Wildman–Crippen MR) is 68.7 cm³/mol. The molecule has 0 amide bonds. The lowest BCUT2D eigenvalue weighted by atomic mass is 10.2. The second-order valence-electron chi connectivity index (χ2n) is 3.17. The Labute approximate surface area is 102 Å². The number of hydrogen-bond acceptors (Lipinski definition) is 2. The third-order valence-electron chi connectivity index (χ3n) is 1.87. The van der Waals surface area contributed by atoms with Crippen LogP contribution in [-0.2, 0) is 0 Å². The van der Waals surface area contributed by atoms with Gasteiger partial charge in [-0.15, -0.1) is 0 Å². The standard InChI is InChI=1S/C10H14Br2N2/c1-7-5-8(11)10(9(12)6-7)14-4-2-3-13/h5-6,14H,2-4,13H2,1H3. The van der Waals surface area contributed by atoms with Gasteiger partial charge in [-0.3, -0.25) is 0 Å². The van der Waals surface area contributed by atoms with Gasteiger partial charge in [0.05, 0.1) is 5.69 Å². The van der Waals surface area contributed by atoms with Crippen LogP contribution in [0.1, 0.15) is 12.0 Å². The maximum absolute atomic E-state index is 5.43. The Hall–Kier alpha value is -0.0600. The molecule has 0 fully saturated rings. The zero-order valence-corrected chi connectivity index (χ0v) is 11.3. The van der Waals surface area contributed by atoms with Crippen LogP contribution in [-0.4, -0.2) is 13.1 Å². The summed E-state index contributed by atoms with van der Waals surface area (Å²) in [7, 11) is 0. The second kappa shape index (κ2) is 5.73. The highest BCUT2D eigenvalue weighted by molar-refractivity contribution is 9.11. The van der Waals surface area contributed by atoms with E-state index < -0.39 is 0 Å². The topological polar surface area (TPSA) is 38.0 Å². The van der Waals surface area contributed by atoms with Crippen LogP contribution in [0.15, 0.2) is 21.1 Å². The highest BCUT2D eigenvalue weighted by Gasteiger charge is 2.04. The van der Waals surface area contributed by atoms with E-state index in [1.54, 1.807) is 0 Å². The third kappa shape index (κ3) is 3.26. The molecular weight excluding hydrogens is 308 g/mol. The average Bonchev–Trinajstić information content (AvgIpc) is 2.09. The number of nitrogens with two attached hydrogens (primary N) is 1. The minimum absolute atomic E-state index is 0.716. The van der Waals surface area contributed by atoms with Crippen LogP contribution in [0.4, 0.5) is 5.69 Å². The van der Waals surface area contributed by atoms with E-state index in [1.807, 2.05) is 0 Å². The van der Waals surface area contributed by atoms with Gasteiger partial charge in [0, 0.05) is 15.5 Å². The van der Waals surface area contributed by atoms with Crippen molar-refractivity contribution >= 4 is 37.5 Å². The molecule has 2 nitrogen and oxygen atoms in total. The zero-order chi connectivity index (χ0) is 10.6. The van der Waals surface area contributed by atoms with Gasteiger partial charge < -0.3 is 11.1 Å². The minimum atomic E-state index is 0.716. The Morgan fingerprint density at radius 1 is 1.29 bits per heavy atom. The molecule has 0 heterocycles. The third-order valence-corrected chi connectivity index (χ3v) is 3.12. The van der Waals surface area contributed by atoms with Gasteiger partial charge in [-0.1, -0.05) is 0 Å². The molecule has 0 aliphatic rings. The van der Waals surface area contributed by atoms with Crippen molar-refractivity contribution in [2.24, 2.45) is 5.73 Å². The number of benzene rings is 1. The van der Waals surface area contributed by atoms with Gasteiger partial charge in [0.2, 0.25) is 0 Å². The molecule has 0 saturated heterocycles. The average molecular weight is 322 g/mol. The Balaban J connectivity index is 2.75. The van der Waals surface area contributed by atoms with Crippen molar-refractivity contribution in [3.05, 3.63) is 26.6 Å². The Morgan fingerprint density at radius 3 is 2.36 bits per heavy atom. The number of hydrogen-bond donors (Lipinski definition) is 2. The molecule has 3 N–H and O–H groups in total. The van der Waals surface area contributed by atoms with Crippen LogP contribution in [0.25, 0.3) is 0 Å². The molecule has 0 saturated carbocycles. The van der Waals surface area contributed by atoms with Crippen LogP contribution in [0.5, 0.6) is 0 Å². The highest BCUT2D eigenvalue weighted by atomic mass is 79.9. The normalized spacial score (nSPS) is 10.3. The lowest BCUT2D eigenvalue weighted by molar-refractivity contribution is 0.873. The Kier molecular flexibility index (Phi) is 4.92. The first kappa shape index (κ1) is 12.0. The number of halogens is 2. The molecule has 0 bridgehead atoms. The summed E-state index contributed by atoms with van der Waals surface area (Å²) in [5.41, 5.74) is 7.76. The molecule has 0 atom stereocenters. The van der Waals surface area contributed by atoms with Crippen LogP contribution in [0.2, 0.25) is 0 Å². The molecule has 1 rings (SSSR count). The number of nitrogens with one attached hydrogen (secondary N) is 1. The molecular formula is C10H14Br2N2. The summed E-state index contributed by atoms with van der Waals surface area (Å²) in [6, 6.07) is 4.19. The molecule has 0 aromatic heterocycles. The van der Waals surface area contributed by atoms with E-state index in [0.717, 1.165) is 27.6 Å². The number of rotatable bonds is 4. The van der Waals surface area contributed by atoms with Crippen molar-refractivity contribution < 1.29 is 0 Å². The summed E-state index contributed by atoms with van der Waals surface area (Å²) in [4.78, 5) is 0. The van der Waals surface area contributed by atoms with Crippen LogP contribution in [0, 0.1) is 6.92 Å². The summed E-state index contributed by atoms with van der Waals surface area (Å²) in [6.07, 6.45) is 0.979. The lowest BCUT2D eigenvalue weighted by Gasteiger charge is -2.11. The van der Waals surface area contributed by atoms with Crippen LogP contribution < -0.4 is 11.1 Å². The summed E-state index contributed by atoms with van der Waals surface area (Å²) in [5.74, 6) is 0. The zero-order valence-electron chi connectivity index (χ0n) is 8.11. The first-order valence-corrected chi connectivity index (χ1v) is 6.13. The van der Waals surface area contributed by atoms with E-state index in [-0.39, 0.29) is 0 Å². The first-order chi connectivity index (χ1) is 6.65. The highest BCUT2D eigenvalue weighted by Crippen LogP contribution is 2.32. The van der Waals surface area contributed by atoms with Crippen molar-refractivity contribution in [1.29, 1.82) is 0 Å². The summed E-state index contributed by atoms with van der Waals surface area (Å²) >= 11 is 7.05. The molecule has 0 unspecified atom stereocenters. The lowest BCUT2D eigenvalue weighted by Crippen LogP contribution is -2.09. The molecule has 0 aliphatic carbocycles. The van der Waals surface area contributed by atoms with Gasteiger partial charge in [-0.05, 0) is 69.4 Å². The largest absolute Gasteiger partial charge is 0.383 e. The summed E-state index contributed by atoms with van der Waals surface area (Å²) < 4.78 is 2.17. The fourth-order valence-corrected chi connectivity index (χ4v) is 2.88. The quantitative estimate of drug-likeness (QED) is 0.835. The van der Waals surface area contributed by atoms with Gasteiger partial charge >= 0.3 is 0 Å². The monoisotopic (exact) mass is 320 g/mol. The Morgan fingerprint density at radius 2 is 1.86 bits per heavy atom. The number of anilines is 1. The fourth-order valence-electron chi connectivity index (χ4n) is 1.18. The SMILES string of the molecule is Cc1cc(Br)c(NCCCN)c(Br)c1. The Bertz CT molecular complexity index is 290. The molecule has 0 spiro atoms. The van der Waals surface area contributed by atoms with Gasteiger partial charge in [-0.2, -0.15) is 0 Å². The second-order valence-corrected chi connectivity index (χ2v) is 4.88. The van der Waals surface area contributed by atoms with Crippen molar-refractivity contribution in [2.75, 3.05) is 18.4 Å². The first-order valence-electron chi connectivity index (χ1n) is 4.54. The van der Waals surface area contributed by atoms with Gasteiger partial charge in [0.25, 0.3) is 0 Å². The van der Waals surface area contributed by atoms with Gasteiger partial charge in [-0.25, -0.2) is 0 Å². The van der Waals surface area contributed by atoms with Crippen molar-refractivity contribution in [2.45, 2.75) is 13.3 Å². The van der Waals surface area contributed by atoms with Crippen molar-refractivity contribution in [3.63, 3.8) is 0 Å². The molecule has 1 aromatic carbocycles. The molecule has 0 radical (unpaired) electrons. The molecule has 4 heteroatoms. The maximum Gasteiger partial charge on any atom is 0.0629 e. The molecule has 14 heavy (non-hydrogen) atoms. The number of aryl methyl sites for hydroxylation is 1. The van der Waals surface area contributed by atoms with E-state index in [4.69, 9.17) is 5.73 Å². The van der Waals surface area contributed by atoms with E-state index in [2.05, 4.69) is 56.2 Å². The molecule has 0 aliphatic heterocycles. The van der Waals surface area contributed by atoms with Gasteiger partial charge in [0.15, 0.2) is 0 Å². The van der Waals surface area contributed by atoms with Crippen molar-refractivity contribution in [3.8, 4) is 0 Å².